The zero-order valence-corrected chi connectivity index (χ0v) is 24.7. The van der Waals surface area contributed by atoms with Gasteiger partial charge in [0.25, 0.3) is 0 Å². The maximum atomic E-state index is 6.46. The second-order valence-corrected chi connectivity index (χ2v) is 11.8. The first-order chi connectivity index (χ1) is 22.8. The van der Waals surface area contributed by atoms with E-state index in [4.69, 9.17) is 14.4 Å². The molecular formula is C42H25N3O. The number of hydrogen-bond acceptors (Lipinski definition) is 3. The minimum Gasteiger partial charge on any atom is -0.437 e. The van der Waals surface area contributed by atoms with Gasteiger partial charge in [-0.05, 0) is 39.4 Å². The van der Waals surface area contributed by atoms with Gasteiger partial charge in [0.1, 0.15) is 5.58 Å². The summed E-state index contributed by atoms with van der Waals surface area (Å²) in [4.78, 5) is 10.6. The Balaban J connectivity index is 1.33. The van der Waals surface area contributed by atoms with Crippen LogP contribution in [0.1, 0.15) is 0 Å². The lowest BCUT2D eigenvalue weighted by Crippen LogP contribution is -2.03. The van der Waals surface area contributed by atoms with E-state index in [-0.39, 0.29) is 0 Å². The molecule has 46 heavy (non-hydrogen) atoms. The summed E-state index contributed by atoms with van der Waals surface area (Å²) < 4.78 is 8.69. The van der Waals surface area contributed by atoms with Crippen molar-refractivity contribution in [1.82, 2.24) is 14.5 Å². The van der Waals surface area contributed by atoms with E-state index in [9.17, 15) is 0 Å². The first-order valence-corrected chi connectivity index (χ1v) is 15.5. The Labute approximate surface area is 263 Å². The second kappa shape index (κ2) is 9.62. The maximum absolute atomic E-state index is 6.46. The molecule has 7 aromatic carbocycles. The summed E-state index contributed by atoms with van der Waals surface area (Å²) in [5.41, 5.74) is 7.72. The highest BCUT2D eigenvalue weighted by molar-refractivity contribution is 6.26. The Morgan fingerprint density at radius 3 is 1.89 bits per heavy atom. The molecule has 0 aliphatic heterocycles. The largest absolute Gasteiger partial charge is 0.437 e. The van der Waals surface area contributed by atoms with Crippen molar-refractivity contribution in [3.63, 3.8) is 0 Å². The third-order valence-electron chi connectivity index (χ3n) is 9.23. The number of furan rings is 1. The van der Waals surface area contributed by atoms with Gasteiger partial charge in [-0.25, -0.2) is 4.98 Å². The fourth-order valence-corrected chi connectivity index (χ4v) is 7.13. The molecule has 0 saturated carbocycles. The summed E-state index contributed by atoms with van der Waals surface area (Å²) in [7, 11) is 0. The second-order valence-electron chi connectivity index (χ2n) is 11.8. The highest BCUT2D eigenvalue weighted by atomic mass is 16.3. The van der Waals surface area contributed by atoms with Crippen molar-refractivity contribution in [1.29, 1.82) is 0 Å². The van der Waals surface area contributed by atoms with Crippen LogP contribution in [0, 0.1) is 0 Å². The van der Waals surface area contributed by atoms with Gasteiger partial charge in [-0.1, -0.05) is 140 Å². The SMILES string of the molecule is c1ccc(-c2ccc(-c3nc(-n4c5ccc6ccccc6c5c5ccc6ccccc6c54)nc4oc5ccccc5c34)cc2)cc1. The first-order valence-electron chi connectivity index (χ1n) is 15.5. The summed E-state index contributed by atoms with van der Waals surface area (Å²) in [6.07, 6.45) is 0. The zero-order valence-electron chi connectivity index (χ0n) is 24.7. The molecule has 214 valence electrons. The van der Waals surface area contributed by atoms with Crippen molar-refractivity contribution in [2.45, 2.75) is 0 Å². The molecule has 10 aromatic rings. The Morgan fingerprint density at radius 2 is 1.07 bits per heavy atom. The zero-order chi connectivity index (χ0) is 30.2. The summed E-state index contributed by atoms with van der Waals surface area (Å²) >= 11 is 0. The first kappa shape index (κ1) is 25.1. The van der Waals surface area contributed by atoms with Crippen LogP contribution in [-0.2, 0) is 0 Å². The highest BCUT2D eigenvalue weighted by Crippen LogP contribution is 2.41. The van der Waals surface area contributed by atoms with Crippen molar-refractivity contribution >= 4 is 65.4 Å². The van der Waals surface area contributed by atoms with Gasteiger partial charge in [-0.15, -0.1) is 0 Å². The van der Waals surface area contributed by atoms with Gasteiger partial charge in [-0.2, -0.15) is 4.98 Å². The van der Waals surface area contributed by atoms with E-state index < -0.39 is 0 Å². The predicted octanol–water partition coefficient (Wildman–Crippen LogP) is 11.1. The van der Waals surface area contributed by atoms with Gasteiger partial charge in [0.2, 0.25) is 11.7 Å². The molecule has 0 N–H and O–H groups in total. The minimum absolute atomic E-state index is 0.573. The molecule has 0 radical (unpaired) electrons. The molecule has 0 fully saturated rings. The molecule has 3 heterocycles. The topological polar surface area (TPSA) is 43.9 Å². The molecule has 4 nitrogen and oxygen atoms in total. The normalized spacial score (nSPS) is 11.9. The fourth-order valence-electron chi connectivity index (χ4n) is 7.13. The van der Waals surface area contributed by atoms with Crippen LogP contribution in [0.3, 0.4) is 0 Å². The van der Waals surface area contributed by atoms with E-state index in [0.717, 1.165) is 49.6 Å². The number of nitrogens with zero attached hydrogens (tertiary/aromatic N) is 3. The van der Waals surface area contributed by atoms with Crippen LogP contribution in [0.5, 0.6) is 0 Å². The van der Waals surface area contributed by atoms with Crippen LogP contribution in [0.15, 0.2) is 156 Å². The molecule has 10 rings (SSSR count). The van der Waals surface area contributed by atoms with Crippen molar-refractivity contribution in [2.75, 3.05) is 0 Å². The van der Waals surface area contributed by atoms with Crippen LogP contribution in [0.2, 0.25) is 0 Å². The van der Waals surface area contributed by atoms with Gasteiger partial charge in [0, 0.05) is 27.1 Å². The Kier molecular flexibility index (Phi) is 5.25. The lowest BCUT2D eigenvalue weighted by Gasteiger charge is -2.11. The monoisotopic (exact) mass is 587 g/mol. The third-order valence-corrected chi connectivity index (χ3v) is 9.23. The standard InChI is InChI=1S/C42H25N3O/c1-2-10-26(11-3-1)27-18-20-30(21-19-27)39-38-33-16-8-9-17-36(33)46-41(38)44-42(43-39)45-35-25-23-28-12-4-6-14-31(28)37(35)34-24-22-29-13-5-7-15-32(29)40(34)45/h1-25H. The summed E-state index contributed by atoms with van der Waals surface area (Å²) in [6.45, 7) is 0. The number of rotatable bonds is 3. The van der Waals surface area contributed by atoms with Gasteiger partial charge in [-0.3, -0.25) is 4.57 Å². The molecule has 0 amide bonds. The summed E-state index contributed by atoms with van der Waals surface area (Å²) in [5, 5.41) is 9.03. The Morgan fingerprint density at radius 1 is 0.435 bits per heavy atom. The number of aromatic nitrogens is 3. The van der Waals surface area contributed by atoms with Crippen LogP contribution < -0.4 is 0 Å². The Bertz CT molecular complexity index is 2790. The van der Waals surface area contributed by atoms with Crippen molar-refractivity contribution < 1.29 is 4.42 Å². The molecule has 0 bridgehead atoms. The quantitative estimate of drug-likeness (QED) is 0.207. The fraction of sp³-hybridized carbons (Fsp3) is 0. The van der Waals surface area contributed by atoms with Crippen molar-refractivity contribution in [3.8, 4) is 28.3 Å². The van der Waals surface area contributed by atoms with Gasteiger partial charge in [0.05, 0.1) is 22.1 Å². The summed E-state index contributed by atoms with van der Waals surface area (Å²) in [5.74, 6) is 0.584. The van der Waals surface area contributed by atoms with Gasteiger partial charge >= 0.3 is 0 Å². The van der Waals surface area contributed by atoms with Crippen LogP contribution in [0.25, 0.3) is 93.8 Å². The lowest BCUT2D eigenvalue weighted by atomic mass is 10.0. The van der Waals surface area contributed by atoms with Crippen molar-refractivity contribution in [3.05, 3.63) is 152 Å². The smallest absolute Gasteiger partial charge is 0.238 e. The lowest BCUT2D eigenvalue weighted by molar-refractivity contribution is 0.651. The van der Waals surface area contributed by atoms with Crippen molar-refractivity contribution in [2.24, 2.45) is 0 Å². The van der Waals surface area contributed by atoms with Gasteiger partial charge < -0.3 is 4.42 Å². The van der Waals surface area contributed by atoms with Crippen LogP contribution >= 0.6 is 0 Å². The molecule has 0 atom stereocenters. The Hall–Kier alpha value is -6.26. The average molecular weight is 588 g/mol. The van der Waals surface area contributed by atoms with E-state index in [1.54, 1.807) is 0 Å². The molecular weight excluding hydrogens is 562 g/mol. The van der Waals surface area contributed by atoms with Crippen LogP contribution in [-0.4, -0.2) is 14.5 Å². The predicted molar refractivity (Wildman–Crippen MR) is 190 cm³/mol. The summed E-state index contributed by atoms with van der Waals surface area (Å²) in [6, 6.07) is 53.2. The van der Waals surface area contributed by atoms with E-state index >= 15 is 0 Å². The van der Waals surface area contributed by atoms with Crippen LogP contribution in [0.4, 0.5) is 0 Å². The number of hydrogen-bond donors (Lipinski definition) is 0. The third kappa shape index (κ3) is 3.61. The van der Waals surface area contributed by atoms with E-state index in [2.05, 4.69) is 132 Å². The van der Waals surface area contributed by atoms with E-state index in [1.165, 1.54) is 32.5 Å². The molecule has 0 aliphatic carbocycles. The van der Waals surface area contributed by atoms with Gasteiger partial charge in [0.15, 0.2) is 0 Å². The molecule has 4 heteroatoms. The number of fused-ring (bicyclic) bond motifs is 10. The highest BCUT2D eigenvalue weighted by Gasteiger charge is 2.22. The number of benzene rings is 7. The molecule has 3 aromatic heterocycles. The average Bonchev–Trinajstić information content (AvgIpc) is 3.68. The molecule has 0 saturated heterocycles. The minimum atomic E-state index is 0.573. The maximum Gasteiger partial charge on any atom is 0.238 e. The van der Waals surface area contributed by atoms with E-state index in [1.807, 2.05) is 24.3 Å². The molecule has 0 spiro atoms. The number of para-hydroxylation sites is 1. The molecule has 0 aliphatic rings. The van der Waals surface area contributed by atoms with E-state index in [0.29, 0.717) is 11.7 Å². The molecule has 0 unspecified atom stereocenters.